The van der Waals surface area contributed by atoms with Gasteiger partial charge >= 0.3 is 0 Å². The fraction of sp³-hybridized carbons (Fsp3) is 0.208. The number of rotatable bonds is 6. The van der Waals surface area contributed by atoms with Crippen LogP contribution in [0.1, 0.15) is 29.5 Å². The zero-order valence-corrected chi connectivity index (χ0v) is 16.4. The summed E-state index contributed by atoms with van der Waals surface area (Å²) in [4.78, 5) is 35.1. The van der Waals surface area contributed by atoms with E-state index in [0.717, 1.165) is 35.0 Å². The maximum absolute atomic E-state index is 13.1. The van der Waals surface area contributed by atoms with E-state index >= 15 is 0 Å². The normalized spacial score (nSPS) is 19.1. The number of nitrogens with zero attached hydrogens (tertiary/aromatic N) is 3. The summed E-state index contributed by atoms with van der Waals surface area (Å²) < 4.78 is 1.98. The van der Waals surface area contributed by atoms with Gasteiger partial charge in [0.1, 0.15) is 0 Å². The molecule has 1 fully saturated rings. The molecule has 0 bridgehead atoms. The van der Waals surface area contributed by atoms with E-state index in [4.69, 9.17) is 0 Å². The standard InChI is InChI=1S/C24H22N4O2/c29-23-21(17-5-2-1-3-6-17)22(19-7-8-20-18(15-19)9-10-26-20)28(24(23)30)13-4-12-27-14-11-25-16-27/h1-3,5-11,14-16,21-22,26H,4,12-13H2. The van der Waals surface area contributed by atoms with Crippen molar-refractivity contribution in [2.24, 2.45) is 0 Å². The highest BCUT2D eigenvalue weighted by molar-refractivity contribution is 6.40. The Labute approximate surface area is 174 Å². The number of aromatic amines is 1. The lowest BCUT2D eigenvalue weighted by Gasteiger charge is -2.28. The average molecular weight is 398 g/mol. The Morgan fingerprint density at radius 2 is 1.83 bits per heavy atom. The first-order valence-corrected chi connectivity index (χ1v) is 10.1. The molecule has 2 aromatic heterocycles. The summed E-state index contributed by atoms with van der Waals surface area (Å²) in [6.07, 6.45) is 8.06. The first-order chi connectivity index (χ1) is 14.7. The summed E-state index contributed by atoms with van der Waals surface area (Å²) in [5.41, 5.74) is 2.90. The van der Waals surface area contributed by atoms with E-state index in [1.54, 1.807) is 17.4 Å². The van der Waals surface area contributed by atoms with Crippen molar-refractivity contribution in [1.29, 1.82) is 0 Å². The minimum absolute atomic E-state index is 0.311. The van der Waals surface area contributed by atoms with Gasteiger partial charge in [-0.1, -0.05) is 36.4 Å². The lowest BCUT2D eigenvalue weighted by atomic mass is 9.86. The summed E-state index contributed by atoms with van der Waals surface area (Å²) in [5.74, 6) is -1.22. The Morgan fingerprint density at radius 3 is 2.63 bits per heavy atom. The molecule has 0 aliphatic carbocycles. The van der Waals surface area contributed by atoms with Gasteiger partial charge < -0.3 is 14.5 Å². The molecule has 1 amide bonds. The minimum atomic E-state index is -0.497. The second-order valence-electron chi connectivity index (χ2n) is 7.67. The average Bonchev–Trinajstić information content (AvgIpc) is 3.50. The summed E-state index contributed by atoms with van der Waals surface area (Å²) >= 11 is 0. The van der Waals surface area contributed by atoms with Crippen LogP contribution in [0.15, 0.2) is 79.5 Å². The van der Waals surface area contributed by atoms with E-state index in [-0.39, 0.29) is 11.8 Å². The Morgan fingerprint density at radius 1 is 0.967 bits per heavy atom. The van der Waals surface area contributed by atoms with Gasteiger partial charge in [-0.15, -0.1) is 0 Å². The van der Waals surface area contributed by atoms with Crippen LogP contribution in [0.5, 0.6) is 0 Å². The van der Waals surface area contributed by atoms with Crippen molar-refractivity contribution in [2.75, 3.05) is 6.54 Å². The molecular formula is C24H22N4O2. The van der Waals surface area contributed by atoms with Crippen LogP contribution in [0.4, 0.5) is 0 Å². The van der Waals surface area contributed by atoms with Crippen LogP contribution < -0.4 is 0 Å². The van der Waals surface area contributed by atoms with Crippen LogP contribution in [0, 0.1) is 0 Å². The predicted octanol–water partition coefficient (Wildman–Crippen LogP) is 3.69. The molecule has 2 atom stereocenters. The molecule has 150 valence electrons. The van der Waals surface area contributed by atoms with Crippen LogP contribution in [-0.4, -0.2) is 37.7 Å². The topological polar surface area (TPSA) is 71.0 Å². The minimum Gasteiger partial charge on any atom is -0.361 e. The molecule has 1 aliphatic rings. The fourth-order valence-corrected chi connectivity index (χ4v) is 4.43. The molecule has 1 N–H and O–H groups in total. The quantitative estimate of drug-likeness (QED) is 0.504. The zero-order valence-electron chi connectivity index (χ0n) is 16.4. The molecule has 2 unspecified atom stereocenters. The van der Waals surface area contributed by atoms with Crippen molar-refractivity contribution in [3.63, 3.8) is 0 Å². The van der Waals surface area contributed by atoms with Gasteiger partial charge in [0.25, 0.3) is 5.91 Å². The molecule has 2 aromatic carbocycles. The number of aromatic nitrogens is 3. The molecule has 0 radical (unpaired) electrons. The van der Waals surface area contributed by atoms with Crippen LogP contribution in [-0.2, 0) is 16.1 Å². The van der Waals surface area contributed by atoms with Crippen molar-refractivity contribution in [3.8, 4) is 0 Å². The van der Waals surface area contributed by atoms with Gasteiger partial charge in [0.2, 0.25) is 5.78 Å². The van der Waals surface area contributed by atoms with E-state index in [9.17, 15) is 9.59 Å². The Kier molecular flexibility index (Phi) is 4.67. The van der Waals surface area contributed by atoms with Gasteiger partial charge in [-0.25, -0.2) is 4.98 Å². The van der Waals surface area contributed by atoms with Gasteiger partial charge in [0.05, 0.1) is 18.3 Å². The number of imidazole rings is 1. The van der Waals surface area contributed by atoms with Crippen molar-refractivity contribution in [2.45, 2.75) is 24.9 Å². The third-order valence-electron chi connectivity index (χ3n) is 5.86. The summed E-state index contributed by atoms with van der Waals surface area (Å²) in [5, 5.41) is 1.07. The van der Waals surface area contributed by atoms with E-state index in [1.165, 1.54) is 0 Å². The first-order valence-electron chi connectivity index (χ1n) is 10.1. The maximum Gasteiger partial charge on any atom is 0.291 e. The smallest absolute Gasteiger partial charge is 0.291 e. The van der Waals surface area contributed by atoms with Crippen LogP contribution in [0.3, 0.4) is 0 Å². The number of carbonyl (C=O) groups is 2. The maximum atomic E-state index is 13.1. The third kappa shape index (κ3) is 3.20. The highest BCUT2D eigenvalue weighted by Gasteiger charge is 2.48. The molecule has 0 saturated carbocycles. The number of fused-ring (bicyclic) bond motifs is 1. The number of aryl methyl sites for hydroxylation is 1. The zero-order chi connectivity index (χ0) is 20.5. The number of amides is 1. The third-order valence-corrected chi connectivity index (χ3v) is 5.86. The Bertz CT molecular complexity index is 1180. The van der Waals surface area contributed by atoms with Gasteiger partial charge in [-0.05, 0) is 41.1 Å². The number of ketones is 1. The second-order valence-corrected chi connectivity index (χ2v) is 7.67. The van der Waals surface area contributed by atoms with Gasteiger partial charge in [0, 0.05) is 37.2 Å². The number of likely N-dealkylation sites (tertiary alicyclic amines) is 1. The van der Waals surface area contributed by atoms with Crippen LogP contribution >= 0.6 is 0 Å². The van der Waals surface area contributed by atoms with Crippen molar-refractivity contribution < 1.29 is 9.59 Å². The number of carbonyl (C=O) groups excluding carboxylic acids is 2. The van der Waals surface area contributed by atoms with Gasteiger partial charge in [0.15, 0.2) is 0 Å². The van der Waals surface area contributed by atoms with Gasteiger partial charge in [-0.3, -0.25) is 9.59 Å². The number of hydrogen-bond acceptors (Lipinski definition) is 3. The molecule has 4 aromatic rings. The van der Waals surface area contributed by atoms with E-state index < -0.39 is 11.8 Å². The first kappa shape index (κ1) is 18.4. The monoisotopic (exact) mass is 398 g/mol. The molecule has 5 rings (SSSR count). The molecule has 6 heteroatoms. The summed E-state index contributed by atoms with van der Waals surface area (Å²) in [7, 11) is 0. The largest absolute Gasteiger partial charge is 0.361 e. The Balaban J connectivity index is 1.51. The second kappa shape index (κ2) is 7.63. The molecule has 1 aliphatic heterocycles. The van der Waals surface area contributed by atoms with Crippen molar-refractivity contribution >= 4 is 22.6 Å². The van der Waals surface area contributed by atoms with E-state index in [0.29, 0.717) is 6.54 Å². The van der Waals surface area contributed by atoms with E-state index in [1.807, 2.05) is 65.5 Å². The lowest BCUT2D eigenvalue weighted by molar-refractivity contribution is -0.140. The SMILES string of the molecule is O=C1C(=O)N(CCCn2ccnc2)C(c2ccc3[nH]ccc3c2)C1c1ccccc1. The Hall–Kier alpha value is -3.67. The molecule has 3 heterocycles. The predicted molar refractivity (Wildman–Crippen MR) is 114 cm³/mol. The molecular weight excluding hydrogens is 376 g/mol. The summed E-state index contributed by atoms with van der Waals surface area (Å²) in [6.45, 7) is 1.26. The number of H-pyrrole nitrogens is 1. The van der Waals surface area contributed by atoms with Gasteiger partial charge in [-0.2, -0.15) is 0 Å². The van der Waals surface area contributed by atoms with E-state index in [2.05, 4.69) is 16.0 Å². The van der Waals surface area contributed by atoms with Crippen LogP contribution in [0.25, 0.3) is 10.9 Å². The summed E-state index contributed by atoms with van der Waals surface area (Å²) in [6, 6.07) is 17.5. The molecule has 30 heavy (non-hydrogen) atoms. The molecule has 1 saturated heterocycles. The van der Waals surface area contributed by atoms with Crippen molar-refractivity contribution in [3.05, 3.63) is 90.6 Å². The molecule has 0 spiro atoms. The van der Waals surface area contributed by atoms with Crippen LogP contribution in [0.2, 0.25) is 0 Å². The highest BCUT2D eigenvalue weighted by atomic mass is 16.2. The lowest BCUT2D eigenvalue weighted by Crippen LogP contribution is -2.31. The number of nitrogens with one attached hydrogen (secondary N) is 1. The molecule has 6 nitrogen and oxygen atoms in total. The number of hydrogen-bond donors (Lipinski definition) is 1. The van der Waals surface area contributed by atoms with Crippen molar-refractivity contribution in [1.82, 2.24) is 19.4 Å². The number of Topliss-reactive ketones (excluding diaryl/α,β-unsaturated/α-hetero) is 1. The fourth-order valence-electron chi connectivity index (χ4n) is 4.43. The number of benzene rings is 2. The highest BCUT2D eigenvalue weighted by Crippen LogP contribution is 2.43.